The molecule has 1 aromatic rings. The van der Waals surface area contributed by atoms with Crippen LogP contribution in [-0.4, -0.2) is 18.2 Å². The highest BCUT2D eigenvalue weighted by atomic mass is 16.5. The molecule has 1 N–H and O–H groups in total. The molecule has 1 rings (SSSR count). The van der Waals surface area contributed by atoms with Gasteiger partial charge in [-0.05, 0) is 25.1 Å². The van der Waals surface area contributed by atoms with Crippen LogP contribution in [-0.2, 0) is 18.0 Å². The Kier molecular flexibility index (Phi) is 4.57. The summed E-state index contributed by atoms with van der Waals surface area (Å²) >= 11 is 0. The van der Waals surface area contributed by atoms with Gasteiger partial charge in [0.2, 0.25) is 0 Å². The van der Waals surface area contributed by atoms with Crippen LogP contribution in [0.3, 0.4) is 0 Å². The Bertz CT molecular complexity index is 233. The average molecular weight is 182 g/mol. The van der Waals surface area contributed by atoms with Crippen LogP contribution in [0.2, 0.25) is 0 Å². The van der Waals surface area contributed by atoms with E-state index in [1.165, 1.54) is 12.1 Å². The standard InChI is InChI=1S/C10H18N2O/c1-3-6-11-8-10-5-4-7-12(10)9-13-2/h4-5,7,11H,3,6,8-9H2,1-2H3. The second-order valence-corrected chi connectivity index (χ2v) is 3.06. The lowest BCUT2D eigenvalue weighted by Gasteiger charge is -2.08. The highest BCUT2D eigenvalue weighted by Gasteiger charge is 1.98. The van der Waals surface area contributed by atoms with Gasteiger partial charge in [0, 0.05) is 25.5 Å². The van der Waals surface area contributed by atoms with Gasteiger partial charge in [-0.3, -0.25) is 0 Å². The van der Waals surface area contributed by atoms with Gasteiger partial charge in [0.05, 0.1) is 0 Å². The Morgan fingerprint density at radius 3 is 3.08 bits per heavy atom. The topological polar surface area (TPSA) is 26.2 Å². The third-order valence-corrected chi connectivity index (χ3v) is 1.92. The molecule has 0 aliphatic rings. The van der Waals surface area contributed by atoms with Crippen molar-refractivity contribution in [2.45, 2.75) is 26.6 Å². The molecule has 0 saturated carbocycles. The summed E-state index contributed by atoms with van der Waals surface area (Å²) in [5, 5.41) is 3.36. The number of methoxy groups -OCH3 is 1. The monoisotopic (exact) mass is 182 g/mol. The van der Waals surface area contributed by atoms with Crippen LogP contribution in [0.4, 0.5) is 0 Å². The molecule has 0 aliphatic carbocycles. The number of hydrogen-bond donors (Lipinski definition) is 1. The van der Waals surface area contributed by atoms with E-state index in [4.69, 9.17) is 4.74 Å². The Hall–Kier alpha value is -0.800. The third kappa shape index (κ3) is 3.20. The van der Waals surface area contributed by atoms with Crippen LogP contribution in [0.15, 0.2) is 18.3 Å². The molecule has 0 spiro atoms. The third-order valence-electron chi connectivity index (χ3n) is 1.92. The molecule has 13 heavy (non-hydrogen) atoms. The van der Waals surface area contributed by atoms with Crippen molar-refractivity contribution in [1.29, 1.82) is 0 Å². The van der Waals surface area contributed by atoms with Crippen LogP contribution in [0.5, 0.6) is 0 Å². The molecule has 0 unspecified atom stereocenters. The molecule has 0 bridgehead atoms. The number of hydrogen-bond acceptors (Lipinski definition) is 2. The smallest absolute Gasteiger partial charge is 0.122 e. The normalized spacial score (nSPS) is 10.6. The van der Waals surface area contributed by atoms with Crippen molar-refractivity contribution in [3.8, 4) is 0 Å². The van der Waals surface area contributed by atoms with Crippen molar-refractivity contribution >= 4 is 0 Å². The maximum absolute atomic E-state index is 5.07. The minimum Gasteiger partial charge on any atom is -0.364 e. The van der Waals surface area contributed by atoms with E-state index in [1.54, 1.807) is 7.11 Å². The van der Waals surface area contributed by atoms with Gasteiger partial charge in [-0.1, -0.05) is 6.92 Å². The lowest BCUT2D eigenvalue weighted by atomic mass is 10.4. The van der Waals surface area contributed by atoms with Crippen LogP contribution in [0.1, 0.15) is 19.0 Å². The van der Waals surface area contributed by atoms with Crippen LogP contribution < -0.4 is 5.32 Å². The molecule has 0 atom stereocenters. The van der Waals surface area contributed by atoms with Gasteiger partial charge < -0.3 is 14.6 Å². The zero-order chi connectivity index (χ0) is 9.52. The van der Waals surface area contributed by atoms with Gasteiger partial charge in [0.25, 0.3) is 0 Å². The molecular formula is C10H18N2O. The zero-order valence-electron chi connectivity index (χ0n) is 8.42. The van der Waals surface area contributed by atoms with E-state index >= 15 is 0 Å². The molecule has 0 saturated heterocycles. The summed E-state index contributed by atoms with van der Waals surface area (Å²) in [6, 6.07) is 4.16. The summed E-state index contributed by atoms with van der Waals surface area (Å²) in [4.78, 5) is 0. The lowest BCUT2D eigenvalue weighted by Crippen LogP contribution is -2.17. The minimum atomic E-state index is 0.635. The highest BCUT2D eigenvalue weighted by Crippen LogP contribution is 2.01. The lowest BCUT2D eigenvalue weighted by molar-refractivity contribution is 0.129. The molecule has 3 heteroatoms. The molecule has 0 fully saturated rings. The number of rotatable bonds is 6. The van der Waals surface area contributed by atoms with Crippen molar-refractivity contribution in [2.75, 3.05) is 13.7 Å². The number of ether oxygens (including phenoxy) is 1. The van der Waals surface area contributed by atoms with E-state index in [0.29, 0.717) is 6.73 Å². The van der Waals surface area contributed by atoms with Crippen molar-refractivity contribution in [1.82, 2.24) is 9.88 Å². The maximum Gasteiger partial charge on any atom is 0.122 e. The quantitative estimate of drug-likeness (QED) is 0.676. The Morgan fingerprint density at radius 2 is 2.38 bits per heavy atom. The fourth-order valence-corrected chi connectivity index (χ4v) is 1.27. The first-order chi connectivity index (χ1) is 6.38. The van der Waals surface area contributed by atoms with Crippen molar-refractivity contribution in [3.05, 3.63) is 24.0 Å². The van der Waals surface area contributed by atoms with E-state index in [0.717, 1.165) is 13.1 Å². The van der Waals surface area contributed by atoms with Crippen LogP contribution in [0, 0.1) is 0 Å². The molecule has 1 heterocycles. The minimum absolute atomic E-state index is 0.635. The van der Waals surface area contributed by atoms with Gasteiger partial charge in [0.1, 0.15) is 6.73 Å². The molecule has 74 valence electrons. The SMILES string of the molecule is CCCNCc1cccn1COC. The summed E-state index contributed by atoms with van der Waals surface area (Å²) in [5.74, 6) is 0. The molecule has 3 nitrogen and oxygen atoms in total. The first-order valence-electron chi connectivity index (χ1n) is 4.72. The summed E-state index contributed by atoms with van der Waals surface area (Å²) in [7, 11) is 1.71. The van der Waals surface area contributed by atoms with Crippen molar-refractivity contribution < 1.29 is 4.74 Å². The predicted molar refractivity (Wildman–Crippen MR) is 53.4 cm³/mol. The molecule has 0 aromatic carbocycles. The molecular weight excluding hydrogens is 164 g/mol. The van der Waals surface area contributed by atoms with Crippen LogP contribution >= 0.6 is 0 Å². The first kappa shape index (κ1) is 10.3. The second-order valence-electron chi connectivity index (χ2n) is 3.06. The van der Waals surface area contributed by atoms with Gasteiger partial charge in [-0.25, -0.2) is 0 Å². The predicted octanol–water partition coefficient (Wildman–Crippen LogP) is 1.59. The van der Waals surface area contributed by atoms with E-state index < -0.39 is 0 Å². The summed E-state index contributed by atoms with van der Waals surface area (Å²) in [5.41, 5.74) is 1.27. The summed E-state index contributed by atoms with van der Waals surface area (Å²) < 4.78 is 7.17. The van der Waals surface area contributed by atoms with Crippen molar-refractivity contribution in [3.63, 3.8) is 0 Å². The van der Waals surface area contributed by atoms with Crippen LogP contribution in [0.25, 0.3) is 0 Å². The van der Waals surface area contributed by atoms with Crippen molar-refractivity contribution in [2.24, 2.45) is 0 Å². The van der Waals surface area contributed by atoms with Gasteiger partial charge in [-0.2, -0.15) is 0 Å². The first-order valence-corrected chi connectivity index (χ1v) is 4.72. The Labute approximate surface area is 79.7 Å². The van der Waals surface area contributed by atoms with Gasteiger partial charge >= 0.3 is 0 Å². The van der Waals surface area contributed by atoms with E-state index in [-0.39, 0.29) is 0 Å². The molecule has 0 amide bonds. The molecule has 1 aromatic heterocycles. The Balaban J connectivity index is 2.40. The summed E-state index contributed by atoms with van der Waals surface area (Å²) in [6.45, 7) is 4.79. The fourth-order valence-electron chi connectivity index (χ4n) is 1.27. The highest BCUT2D eigenvalue weighted by molar-refractivity contribution is 5.06. The largest absolute Gasteiger partial charge is 0.364 e. The number of nitrogens with one attached hydrogen (secondary N) is 1. The summed E-state index contributed by atoms with van der Waals surface area (Å²) in [6.07, 6.45) is 3.21. The fraction of sp³-hybridized carbons (Fsp3) is 0.600. The number of aromatic nitrogens is 1. The zero-order valence-corrected chi connectivity index (χ0v) is 8.42. The second kappa shape index (κ2) is 5.78. The maximum atomic E-state index is 5.07. The van der Waals surface area contributed by atoms with E-state index in [2.05, 4.69) is 22.9 Å². The number of nitrogens with zero attached hydrogens (tertiary/aromatic N) is 1. The van der Waals surface area contributed by atoms with E-state index in [1.807, 2.05) is 12.3 Å². The van der Waals surface area contributed by atoms with Gasteiger partial charge in [-0.15, -0.1) is 0 Å². The molecule has 0 radical (unpaired) electrons. The molecule has 0 aliphatic heterocycles. The van der Waals surface area contributed by atoms with E-state index in [9.17, 15) is 0 Å². The Morgan fingerprint density at radius 1 is 1.54 bits per heavy atom. The van der Waals surface area contributed by atoms with Gasteiger partial charge in [0.15, 0.2) is 0 Å². The average Bonchev–Trinajstić information content (AvgIpc) is 2.54.